The second-order valence-electron chi connectivity index (χ2n) is 10.0. The predicted octanol–water partition coefficient (Wildman–Crippen LogP) is 7.29. The SMILES string of the molecule is CC(=O)c1ccc2cccc(NCc3c(O)ccc4c(-c5cc(C)ccc5C(=O)O)c5cc(Cl)c(=O)cc-5oc34)c2n1. The molecule has 0 atom stereocenters. The molecular formula is C33H23ClN2O6. The molecule has 0 saturated heterocycles. The number of aryl methyl sites for hydroxylation is 1. The molecule has 42 heavy (non-hydrogen) atoms. The third kappa shape index (κ3) is 4.61. The molecule has 0 bridgehead atoms. The van der Waals surface area contributed by atoms with Gasteiger partial charge in [0.05, 0.1) is 27.4 Å². The number of benzene rings is 4. The third-order valence-electron chi connectivity index (χ3n) is 7.23. The highest BCUT2D eigenvalue weighted by Crippen LogP contribution is 2.44. The molecule has 9 heteroatoms. The number of carboxylic acid groups (broad SMARTS) is 1. The van der Waals surface area contributed by atoms with Crippen LogP contribution in [0.4, 0.5) is 5.69 Å². The number of aromatic nitrogens is 1. The lowest BCUT2D eigenvalue weighted by atomic mass is 9.89. The van der Waals surface area contributed by atoms with Crippen molar-refractivity contribution < 1.29 is 24.2 Å². The smallest absolute Gasteiger partial charge is 0.336 e. The number of anilines is 1. The van der Waals surface area contributed by atoms with Gasteiger partial charge < -0.3 is 19.9 Å². The van der Waals surface area contributed by atoms with Crippen LogP contribution in [0.5, 0.6) is 5.75 Å². The van der Waals surface area contributed by atoms with Crippen LogP contribution in [0.1, 0.15) is 38.9 Å². The van der Waals surface area contributed by atoms with E-state index in [0.29, 0.717) is 44.5 Å². The summed E-state index contributed by atoms with van der Waals surface area (Å²) in [6.07, 6.45) is 0. The van der Waals surface area contributed by atoms with Crippen LogP contribution < -0.4 is 10.7 Å². The molecule has 0 radical (unpaired) electrons. The van der Waals surface area contributed by atoms with Gasteiger partial charge in [-0.15, -0.1) is 0 Å². The minimum Gasteiger partial charge on any atom is -0.507 e. The number of hydrogen-bond donors (Lipinski definition) is 3. The maximum atomic E-state index is 12.5. The number of phenolic OH excluding ortho intramolecular Hbond substituents is 1. The van der Waals surface area contributed by atoms with Gasteiger partial charge in [-0.25, -0.2) is 9.78 Å². The van der Waals surface area contributed by atoms with Gasteiger partial charge in [-0.05, 0) is 48.9 Å². The van der Waals surface area contributed by atoms with E-state index < -0.39 is 11.4 Å². The van der Waals surface area contributed by atoms with Crippen molar-refractivity contribution in [3.8, 4) is 28.2 Å². The van der Waals surface area contributed by atoms with E-state index in [-0.39, 0.29) is 40.0 Å². The minimum atomic E-state index is -1.12. The predicted molar refractivity (Wildman–Crippen MR) is 162 cm³/mol. The zero-order valence-corrected chi connectivity index (χ0v) is 23.2. The summed E-state index contributed by atoms with van der Waals surface area (Å²) in [5.74, 6) is -1.16. The largest absolute Gasteiger partial charge is 0.507 e. The molecule has 6 rings (SSSR count). The fourth-order valence-electron chi connectivity index (χ4n) is 5.18. The number of carbonyl (C=O) groups is 2. The number of aromatic hydroxyl groups is 1. The fraction of sp³-hybridized carbons (Fsp3) is 0.0909. The van der Waals surface area contributed by atoms with Crippen molar-refractivity contribution in [2.24, 2.45) is 0 Å². The summed E-state index contributed by atoms with van der Waals surface area (Å²) < 4.78 is 6.25. The van der Waals surface area contributed by atoms with Crippen molar-refractivity contribution in [1.82, 2.24) is 4.98 Å². The summed E-state index contributed by atoms with van der Waals surface area (Å²) >= 11 is 6.24. The number of carbonyl (C=O) groups excluding carboxylic acids is 1. The van der Waals surface area contributed by atoms with E-state index in [1.165, 1.54) is 31.2 Å². The van der Waals surface area contributed by atoms with Crippen LogP contribution in [-0.2, 0) is 6.54 Å². The zero-order chi connectivity index (χ0) is 29.7. The number of hydrogen-bond acceptors (Lipinski definition) is 7. The summed E-state index contributed by atoms with van der Waals surface area (Å²) in [7, 11) is 0. The first-order valence-corrected chi connectivity index (χ1v) is 13.4. The van der Waals surface area contributed by atoms with E-state index in [1.807, 2.05) is 31.2 Å². The molecule has 1 aliphatic carbocycles. The number of Topliss-reactive ketones (excluding diaryl/α,β-unsaturated/α-hetero) is 1. The van der Waals surface area contributed by atoms with Crippen LogP contribution in [0, 0.1) is 6.92 Å². The van der Waals surface area contributed by atoms with Crippen LogP contribution in [0.3, 0.4) is 0 Å². The molecule has 3 N–H and O–H groups in total. The van der Waals surface area contributed by atoms with Gasteiger partial charge in [-0.3, -0.25) is 9.59 Å². The lowest BCUT2D eigenvalue weighted by molar-refractivity contribution is 0.0697. The van der Waals surface area contributed by atoms with E-state index in [1.54, 1.807) is 24.3 Å². The number of carboxylic acids is 1. The standard InChI is InChI=1S/C33H23ClN2O6/c1-16-6-8-19(33(40)41)21(12-16)30-20-9-11-27(38)23(32(20)42-29-14-28(39)24(34)13-22(29)30)15-35-26-5-3-4-18-7-10-25(17(2)37)36-31(18)26/h3-14,35,38H,15H2,1-2H3,(H,40,41). The molecule has 4 aromatic rings. The van der Waals surface area contributed by atoms with Gasteiger partial charge in [-0.1, -0.05) is 47.5 Å². The molecule has 0 saturated carbocycles. The Balaban J connectivity index is 1.59. The Labute approximate surface area is 244 Å². The van der Waals surface area contributed by atoms with E-state index in [0.717, 1.165) is 10.9 Å². The number of nitrogens with zero attached hydrogens (tertiary/aromatic N) is 1. The average Bonchev–Trinajstić information content (AvgIpc) is 2.96. The van der Waals surface area contributed by atoms with Gasteiger partial charge >= 0.3 is 5.97 Å². The first kappa shape index (κ1) is 27.0. The number of rotatable bonds is 6. The van der Waals surface area contributed by atoms with Gasteiger partial charge in [0.25, 0.3) is 0 Å². The minimum absolute atomic E-state index is 0.0307. The summed E-state index contributed by atoms with van der Waals surface area (Å²) in [6.45, 7) is 3.39. The number of pyridine rings is 1. The average molecular weight is 579 g/mol. The molecule has 2 aliphatic rings. The van der Waals surface area contributed by atoms with Gasteiger partial charge in [0.1, 0.15) is 22.8 Å². The van der Waals surface area contributed by atoms with E-state index >= 15 is 0 Å². The molecule has 8 nitrogen and oxygen atoms in total. The molecule has 0 fully saturated rings. The lowest BCUT2D eigenvalue weighted by Crippen LogP contribution is -2.07. The number of fused-ring (bicyclic) bond motifs is 3. The Morgan fingerprint density at radius 3 is 2.57 bits per heavy atom. The number of phenols is 1. The summed E-state index contributed by atoms with van der Waals surface area (Å²) in [4.78, 5) is 41.3. The molecule has 0 spiro atoms. The van der Waals surface area contributed by atoms with Gasteiger partial charge in [0.2, 0.25) is 5.43 Å². The molecule has 208 valence electrons. The van der Waals surface area contributed by atoms with Crippen LogP contribution >= 0.6 is 11.6 Å². The van der Waals surface area contributed by atoms with Crippen molar-refractivity contribution in [1.29, 1.82) is 0 Å². The van der Waals surface area contributed by atoms with Crippen LogP contribution in [-0.4, -0.2) is 26.9 Å². The lowest BCUT2D eigenvalue weighted by Gasteiger charge is -2.20. The third-order valence-corrected chi connectivity index (χ3v) is 7.53. The van der Waals surface area contributed by atoms with Crippen molar-refractivity contribution in [2.75, 3.05) is 5.32 Å². The number of ketones is 1. The Kier molecular flexibility index (Phi) is 6.63. The number of para-hydroxylation sites is 1. The molecule has 0 unspecified atom stereocenters. The maximum Gasteiger partial charge on any atom is 0.336 e. The second kappa shape index (κ2) is 10.3. The van der Waals surface area contributed by atoms with Crippen molar-refractivity contribution in [2.45, 2.75) is 20.4 Å². The van der Waals surface area contributed by atoms with Crippen LogP contribution in [0.2, 0.25) is 5.02 Å². The summed E-state index contributed by atoms with van der Waals surface area (Å²) in [6, 6.07) is 19.9. The number of halogens is 1. The van der Waals surface area contributed by atoms with Crippen molar-refractivity contribution in [3.63, 3.8) is 0 Å². The Morgan fingerprint density at radius 1 is 1.00 bits per heavy atom. The number of nitrogens with one attached hydrogen (secondary N) is 1. The van der Waals surface area contributed by atoms with Crippen molar-refractivity contribution in [3.05, 3.63) is 110 Å². The van der Waals surface area contributed by atoms with Crippen molar-refractivity contribution >= 4 is 50.9 Å². The van der Waals surface area contributed by atoms with Gasteiger partial charge in [0.15, 0.2) is 5.78 Å². The second-order valence-corrected chi connectivity index (χ2v) is 10.4. The molecular weight excluding hydrogens is 556 g/mol. The first-order chi connectivity index (χ1) is 20.1. The van der Waals surface area contributed by atoms with E-state index in [4.69, 9.17) is 16.0 Å². The van der Waals surface area contributed by atoms with E-state index in [9.17, 15) is 24.6 Å². The molecule has 1 aromatic heterocycles. The van der Waals surface area contributed by atoms with E-state index in [2.05, 4.69) is 10.3 Å². The summed E-state index contributed by atoms with van der Waals surface area (Å²) in [5, 5.41) is 25.6. The van der Waals surface area contributed by atoms with Gasteiger partial charge in [0, 0.05) is 41.4 Å². The number of aromatic carboxylic acids is 1. The normalized spacial score (nSPS) is 11.3. The van der Waals surface area contributed by atoms with Crippen LogP contribution in [0.15, 0.2) is 82.0 Å². The Bertz CT molecular complexity index is 2120. The maximum absolute atomic E-state index is 12.5. The topological polar surface area (TPSA) is 130 Å². The highest BCUT2D eigenvalue weighted by molar-refractivity contribution is 6.31. The Hall–Kier alpha value is -5.21. The zero-order valence-electron chi connectivity index (χ0n) is 22.5. The fourth-order valence-corrected chi connectivity index (χ4v) is 5.35. The highest BCUT2D eigenvalue weighted by atomic mass is 35.5. The summed E-state index contributed by atoms with van der Waals surface area (Å²) in [5.41, 5.74) is 4.02. The Morgan fingerprint density at radius 2 is 1.81 bits per heavy atom. The highest BCUT2D eigenvalue weighted by Gasteiger charge is 2.25. The molecule has 1 aliphatic heterocycles. The van der Waals surface area contributed by atoms with Gasteiger partial charge in [-0.2, -0.15) is 0 Å². The molecule has 3 aromatic carbocycles. The molecule has 2 heterocycles. The van der Waals surface area contributed by atoms with Crippen LogP contribution in [0.25, 0.3) is 44.3 Å². The first-order valence-electron chi connectivity index (χ1n) is 13.0. The molecule has 0 amide bonds. The quantitative estimate of drug-likeness (QED) is 0.139. The monoisotopic (exact) mass is 578 g/mol.